The largest absolute Gasteiger partial charge is 0.494 e. The Kier molecular flexibility index (Phi) is 8.68. The van der Waals surface area contributed by atoms with Crippen molar-refractivity contribution in [2.75, 3.05) is 25.6 Å². The highest BCUT2D eigenvalue weighted by Gasteiger charge is 2.16. The summed E-state index contributed by atoms with van der Waals surface area (Å²) < 4.78 is 16.4. The third-order valence-electron chi connectivity index (χ3n) is 4.75. The lowest BCUT2D eigenvalue weighted by Gasteiger charge is -2.13. The average Bonchev–Trinajstić information content (AvgIpc) is 2.86. The minimum Gasteiger partial charge on any atom is -0.494 e. The summed E-state index contributed by atoms with van der Waals surface area (Å²) in [6.07, 6.45) is 1.59. The van der Waals surface area contributed by atoms with E-state index < -0.39 is 11.8 Å². The number of methoxy groups -OCH3 is 1. The van der Waals surface area contributed by atoms with Crippen LogP contribution < -0.4 is 24.8 Å². The van der Waals surface area contributed by atoms with Gasteiger partial charge in [0.2, 0.25) is 0 Å². The molecule has 0 aliphatic carbocycles. The summed E-state index contributed by atoms with van der Waals surface area (Å²) in [5.74, 6) is 0.955. The molecular formula is C27H28N2O5. The molecule has 0 radical (unpaired) electrons. The van der Waals surface area contributed by atoms with Crippen molar-refractivity contribution in [1.82, 2.24) is 5.32 Å². The molecule has 0 unspecified atom stereocenters. The van der Waals surface area contributed by atoms with Gasteiger partial charge in [0.25, 0.3) is 11.8 Å². The van der Waals surface area contributed by atoms with Crippen molar-refractivity contribution in [3.8, 4) is 17.2 Å². The van der Waals surface area contributed by atoms with Crippen molar-refractivity contribution in [2.24, 2.45) is 0 Å². The van der Waals surface area contributed by atoms with E-state index in [0.717, 1.165) is 0 Å². The second-order valence-corrected chi connectivity index (χ2v) is 7.13. The van der Waals surface area contributed by atoms with Crippen LogP contribution >= 0.6 is 0 Å². The van der Waals surface area contributed by atoms with Gasteiger partial charge in [0.1, 0.15) is 11.4 Å². The van der Waals surface area contributed by atoms with Crippen LogP contribution in [0.25, 0.3) is 6.08 Å². The first-order valence-corrected chi connectivity index (χ1v) is 11.0. The van der Waals surface area contributed by atoms with E-state index in [1.54, 1.807) is 79.9 Å². The molecule has 7 nitrogen and oxygen atoms in total. The fraction of sp³-hybridized carbons (Fsp3) is 0.185. The molecule has 0 heterocycles. The number of anilines is 1. The highest BCUT2D eigenvalue weighted by Crippen LogP contribution is 2.29. The Labute approximate surface area is 199 Å². The van der Waals surface area contributed by atoms with Crippen LogP contribution in [-0.2, 0) is 4.79 Å². The molecule has 0 aromatic heterocycles. The van der Waals surface area contributed by atoms with Crippen LogP contribution in [0.1, 0.15) is 29.8 Å². The average molecular weight is 461 g/mol. The SMILES string of the molecule is CCOc1ccc(NC(=O)/C(=C/c2ccc(OC)c(OCC)c2)NC(=O)c2ccccc2)cc1. The minimum absolute atomic E-state index is 0.0790. The van der Waals surface area contributed by atoms with Crippen LogP contribution in [0.5, 0.6) is 17.2 Å². The molecule has 0 aliphatic rings. The number of carbonyl (C=O) groups excluding carboxylic acids is 2. The number of ether oxygens (including phenoxy) is 3. The summed E-state index contributed by atoms with van der Waals surface area (Å²) in [7, 11) is 1.56. The Balaban J connectivity index is 1.90. The molecule has 0 bridgehead atoms. The summed E-state index contributed by atoms with van der Waals surface area (Å²) in [5, 5.41) is 5.54. The van der Waals surface area contributed by atoms with Gasteiger partial charge in [0.15, 0.2) is 11.5 Å². The van der Waals surface area contributed by atoms with Crippen molar-refractivity contribution < 1.29 is 23.8 Å². The molecule has 3 rings (SSSR count). The highest BCUT2D eigenvalue weighted by atomic mass is 16.5. The lowest BCUT2D eigenvalue weighted by molar-refractivity contribution is -0.113. The molecule has 0 fully saturated rings. The van der Waals surface area contributed by atoms with Crippen molar-refractivity contribution >= 4 is 23.6 Å². The van der Waals surface area contributed by atoms with E-state index in [-0.39, 0.29) is 5.70 Å². The first kappa shape index (κ1) is 24.4. The van der Waals surface area contributed by atoms with Crippen molar-refractivity contribution in [3.05, 3.63) is 89.6 Å². The molecule has 3 aromatic rings. The number of hydrogen-bond donors (Lipinski definition) is 2. The summed E-state index contributed by atoms with van der Waals surface area (Å²) in [6, 6.07) is 21.0. The first-order chi connectivity index (χ1) is 16.5. The fourth-order valence-electron chi connectivity index (χ4n) is 3.16. The maximum Gasteiger partial charge on any atom is 0.272 e. The standard InChI is InChI=1S/C27H28N2O5/c1-4-33-22-14-12-21(13-15-22)28-27(31)23(29-26(30)20-9-7-6-8-10-20)17-19-11-16-24(32-3)25(18-19)34-5-2/h6-18H,4-5H2,1-3H3,(H,28,31)(H,29,30)/b23-17-. The van der Waals surface area contributed by atoms with Crippen LogP contribution in [0.15, 0.2) is 78.5 Å². The Hall–Kier alpha value is -4.26. The lowest BCUT2D eigenvalue weighted by Crippen LogP contribution is -2.30. The van der Waals surface area contributed by atoms with Gasteiger partial charge in [-0.2, -0.15) is 0 Å². The molecule has 0 atom stereocenters. The van der Waals surface area contributed by atoms with E-state index in [1.807, 2.05) is 19.9 Å². The zero-order valence-electron chi connectivity index (χ0n) is 19.5. The van der Waals surface area contributed by atoms with Crippen LogP contribution in [-0.4, -0.2) is 32.1 Å². The molecule has 7 heteroatoms. The van der Waals surface area contributed by atoms with Crippen molar-refractivity contribution in [3.63, 3.8) is 0 Å². The molecule has 0 spiro atoms. The number of rotatable bonds is 10. The van der Waals surface area contributed by atoms with Gasteiger partial charge in [-0.05, 0) is 74.0 Å². The third-order valence-corrected chi connectivity index (χ3v) is 4.75. The molecule has 2 N–H and O–H groups in total. The second kappa shape index (κ2) is 12.1. The van der Waals surface area contributed by atoms with E-state index in [4.69, 9.17) is 14.2 Å². The maximum atomic E-state index is 13.1. The van der Waals surface area contributed by atoms with Gasteiger partial charge >= 0.3 is 0 Å². The number of nitrogens with one attached hydrogen (secondary N) is 2. The highest BCUT2D eigenvalue weighted by molar-refractivity contribution is 6.10. The monoisotopic (exact) mass is 460 g/mol. The molecule has 0 saturated carbocycles. The number of carbonyl (C=O) groups is 2. The third kappa shape index (κ3) is 6.62. The molecule has 0 saturated heterocycles. The molecule has 3 aromatic carbocycles. The minimum atomic E-state index is -0.470. The topological polar surface area (TPSA) is 85.9 Å². The van der Waals surface area contributed by atoms with E-state index >= 15 is 0 Å². The van der Waals surface area contributed by atoms with Crippen LogP contribution in [0.2, 0.25) is 0 Å². The Bertz CT molecular complexity index is 1140. The van der Waals surface area contributed by atoms with Crippen molar-refractivity contribution in [2.45, 2.75) is 13.8 Å². The second-order valence-electron chi connectivity index (χ2n) is 7.13. The van der Waals surface area contributed by atoms with Gasteiger partial charge in [-0.25, -0.2) is 0 Å². The van der Waals surface area contributed by atoms with Gasteiger partial charge in [-0.1, -0.05) is 24.3 Å². The van der Waals surface area contributed by atoms with Gasteiger partial charge in [0.05, 0.1) is 20.3 Å². The van der Waals surface area contributed by atoms with Gasteiger partial charge < -0.3 is 24.8 Å². The summed E-state index contributed by atoms with van der Waals surface area (Å²) in [4.78, 5) is 25.9. The van der Waals surface area contributed by atoms with E-state index in [0.29, 0.717) is 47.3 Å². The zero-order chi connectivity index (χ0) is 24.3. The molecule has 176 valence electrons. The van der Waals surface area contributed by atoms with Gasteiger partial charge in [0, 0.05) is 11.3 Å². The number of hydrogen-bond acceptors (Lipinski definition) is 5. The number of benzene rings is 3. The Morgan fingerprint density at radius 2 is 1.56 bits per heavy atom. The van der Waals surface area contributed by atoms with E-state index in [1.165, 1.54) is 0 Å². The predicted octanol–water partition coefficient (Wildman–Crippen LogP) is 4.90. The van der Waals surface area contributed by atoms with Gasteiger partial charge in [-0.15, -0.1) is 0 Å². The quantitative estimate of drug-likeness (QED) is 0.420. The molecule has 2 amide bonds. The smallest absolute Gasteiger partial charge is 0.272 e. The summed E-state index contributed by atoms with van der Waals surface area (Å²) >= 11 is 0. The maximum absolute atomic E-state index is 13.1. The normalized spacial score (nSPS) is 10.9. The Morgan fingerprint density at radius 1 is 0.853 bits per heavy atom. The lowest BCUT2D eigenvalue weighted by atomic mass is 10.1. The Morgan fingerprint density at radius 3 is 2.21 bits per heavy atom. The van der Waals surface area contributed by atoms with E-state index in [9.17, 15) is 9.59 Å². The first-order valence-electron chi connectivity index (χ1n) is 11.0. The van der Waals surface area contributed by atoms with Crippen LogP contribution in [0, 0.1) is 0 Å². The molecule has 34 heavy (non-hydrogen) atoms. The van der Waals surface area contributed by atoms with Crippen molar-refractivity contribution in [1.29, 1.82) is 0 Å². The summed E-state index contributed by atoms with van der Waals surface area (Å²) in [6.45, 7) is 4.78. The van der Waals surface area contributed by atoms with Crippen LogP contribution in [0.4, 0.5) is 5.69 Å². The molecule has 0 aliphatic heterocycles. The van der Waals surface area contributed by atoms with Gasteiger partial charge in [-0.3, -0.25) is 9.59 Å². The summed E-state index contributed by atoms with van der Waals surface area (Å²) in [5.41, 5.74) is 1.75. The molecular weight excluding hydrogens is 432 g/mol. The number of amides is 2. The van der Waals surface area contributed by atoms with Crippen LogP contribution in [0.3, 0.4) is 0 Å². The zero-order valence-corrected chi connectivity index (χ0v) is 19.5. The predicted molar refractivity (Wildman–Crippen MR) is 132 cm³/mol. The van der Waals surface area contributed by atoms with E-state index in [2.05, 4.69) is 10.6 Å². The fourth-order valence-corrected chi connectivity index (χ4v) is 3.16.